The zero-order valence-corrected chi connectivity index (χ0v) is 46.8. The van der Waals surface area contributed by atoms with Gasteiger partial charge in [0.2, 0.25) is 0 Å². The summed E-state index contributed by atoms with van der Waals surface area (Å²) in [5.74, 6) is 1.12. The lowest BCUT2D eigenvalue weighted by molar-refractivity contribution is -0.459. The van der Waals surface area contributed by atoms with E-state index in [1.807, 2.05) is 99.3 Å². The van der Waals surface area contributed by atoms with E-state index in [9.17, 15) is 29.8 Å². The second kappa shape index (κ2) is 30.8. The fourth-order valence-electron chi connectivity index (χ4n) is 6.92. The van der Waals surface area contributed by atoms with E-state index in [-0.39, 0.29) is 55.7 Å². The summed E-state index contributed by atoms with van der Waals surface area (Å²) in [6, 6.07) is 46.6. The molecule has 0 aliphatic rings. The predicted octanol–water partition coefficient (Wildman–Crippen LogP) is 12.6. The van der Waals surface area contributed by atoms with E-state index in [0.29, 0.717) is 25.8 Å². The van der Waals surface area contributed by atoms with E-state index in [0.717, 1.165) is 39.6 Å². The summed E-state index contributed by atoms with van der Waals surface area (Å²) in [6.07, 6.45) is 5.94. The summed E-state index contributed by atoms with van der Waals surface area (Å²) in [5.41, 5.74) is 17.4. The summed E-state index contributed by atoms with van der Waals surface area (Å²) >= 11 is 3.05. The number of carbonyl (C=O) groups is 2. The van der Waals surface area contributed by atoms with Crippen LogP contribution in [0.2, 0.25) is 0 Å². The smallest absolute Gasteiger partial charge is 0.338 e. The molecule has 14 nitrogen and oxygen atoms in total. The molecule has 0 bridgehead atoms. The molecule has 0 amide bonds. The Balaban J connectivity index is 0.000000266. The normalized spacial score (nSPS) is 11.5. The third-order valence-electron chi connectivity index (χ3n) is 10.2. The van der Waals surface area contributed by atoms with E-state index in [4.69, 9.17) is 11.5 Å². The summed E-state index contributed by atoms with van der Waals surface area (Å²) < 4.78 is 0. The molecule has 1 aromatic heterocycles. The maximum atomic E-state index is 12.1. The van der Waals surface area contributed by atoms with Gasteiger partial charge in [0.25, 0.3) is 5.69 Å². The van der Waals surface area contributed by atoms with E-state index >= 15 is 0 Å². The first-order chi connectivity index (χ1) is 35.2. The zero-order valence-electron chi connectivity index (χ0n) is 45.1. The number of anilines is 3. The Hall–Kier alpha value is -7.30. The number of nitro groups is 2. The molecular formula is C59H77N8O6S2+. The van der Waals surface area contributed by atoms with Crippen molar-refractivity contribution in [2.45, 2.75) is 122 Å². The Morgan fingerprint density at radius 2 is 1.13 bits per heavy atom. The van der Waals surface area contributed by atoms with Gasteiger partial charge in [0, 0.05) is 86.2 Å². The molecule has 0 aliphatic carbocycles. The molecule has 6 rings (SSSR count). The highest BCUT2D eigenvalue weighted by atomic mass is 32.2. The summed E-state index contributed by atoms with van der Waals surface area (Å²) in [5, 5.41) is 31.3. The van der Waals surface area contributed by atoms with Crippen LogP contribution in [0.3, 0.4) is 0 Å². The molecule has 16 heteroatoms. The zero-order chi connectivity index (χ0) is 55.6. The van der Waals surface area contributed by atoms with Gasteiger partial charge in [0.15, 0.2) is 0 Å². The molecule has 0 saturated carbocycles. The fourth-order valence-corrected chi connectivity index (χ4v) is 8.52. The number of rotatable bonds is 19. The highest BCUT2D eigenvalue weighted by Gasteiger charge is 2.19. The third-order valence-corrected chi connectivity index (χ3v) is 12.3. The fraction of sp³-hybridized carbons (Fsp3) is 0.339. The average molecular weight is 1060 g/mol. The molecular weight excluding hydrogens is 981 g/mol. The molecule has 0 saturated heterocycles. The first-order valence-corrected chi connectivity index (χ1v) is 26.6. The largest absolute Gasteiger partial charge is 0.380 e. The van der Waals surface area contributed by atoms with E-state index in [2.05, 4.69) is 117 Å². The maximum Gasteiger partial charge on any atom is 0.338 e. The number of ketones is 2. The number of guanidine groups is 1. The molecule has 8 N–H and O–H groups in total. The highest BCUT2D eigenvalue weighted by molar-refractivity contribution is 7.98. The van der Waals surface area contributed by atoms with Crippen LogP contribution in [0.5, 0.6) is 0 Å². The number of benzene rings is 5. The van der Waals surface area contributed by atoms with Crippen LogP contribution in [-0.2, 0) is 21.8 Å². The van der Waals surface area contributed by atoms with Crippen LogP contribution >= 0.6 is 23.1 Å². The Morgan fingerprint density at radius 3 is 1.59 bits per heavy atom. The third kappa shape index (κ3) is 28.1. The van der Waals surface area contributed by atoms with Gasteiger partial charge in [-0.3, -0.25) is 46.3 Å². The van der Waals surface area contributed by atoms with Crippen LogP contribution in [0.1, 0.15) is 110 Å². The van der Waals surface area contributed by atoms with Crippen LogP contribution in [0.15, 0.2) is 150 Å². The van der Waals surface area contributed by atoms with Gasteiger partial charge in [0.1, 0.15) is 11.6 Å². The van der Waals surface area contributed by atoms with Crippen molar-refractivity contribution in [1.29, 1.82) is 0 Å². The number of nitro benzene ring substituents is 1. The molecule has 0 aliphatic heterocycles. The Bertz CT molecular complexity index is 2720. The molecule has 400 valence electrons. The SMILES string of the molecule is CC(=O)C(CCC[NH+]=C(N)N)CC(=O)Cc1ccccc1.CC(C)(C)Nc1ccc(/C=C/c2ccc([N+](=O)[O-])s2)cc1.CC(C)(C)Nc1ccc(CSc2ccccc2)cc1.CC(C)(C)Nc1ccc([N+](=O)[O-])cc1. The van der Waals surface area contributed by atoms with Gasteiger partial charge in [-0.05, 0) is 159 Å². The Labute approximate surface area is 452 Å². The topological polar surface area (TPSA) is 223 Å². The molecule has 5 aromatic carbocycles. The number of thiophene rings is 1. The lowest BCUT2D eigenvalue weighted by Crippen LogP contribution is -2.78. The highest BCUT2D eigenvalue weighted by Crippen LogP contribution is 2.27. The summed E-state index contributed by atoms with van der Waals surface area (Å²) in [4.78, 5) is 48.9. The minimum absolute atomic E-state index is 0.0316. The van der Waals surface area contributed by atoms with Crippen molar-refractivity contribution >= 4 is 80.5 Å². The number of Topliss-reactive ketones (excluding diaryl/α,β-unsaturated/α-hetero) is 2. The van der Waals surface area contributed by atoms with Crippen molar-refractivity contribution in [2.24, 2.45) is 17.4 Å². The van der Waals surface area contributed by atoms with Crippen molar-refractivity contribution in [3.05, 3.63) is 187 Å². The van der Waals surface area contributed by atoms with Crippen LogP contribution in [0.4, 0.5) is 27.8 Å². The number of hydrogen-bond donors (Lipinski definition) is 6. The first kappa shape index (κ1) is 62.0. The summed E-state index contributed by atoms with van der Waals surface area (Å²) in [7, 11) is 0. The second-order valence-corrected chi connectivity index (χ2v) is 23.0. The number of nitrogens with zero attached hydrogens (tertiary/aromatic N) is 2. The molecule has 0 spiro atoms. The van der Waals surface area contributed by atoms with Crippen molar-refractivity contribution in [2.75, 3.05) is 22.5 Å². The molecule has 1 heterocycles. The number of nitrogens with two attached hydrogens (primary N) is 2. The number of nitrogens with one attached hydrogen (secondary N) is 4. The van der Waals surface area contributed by atoms with Crippen molar-refractivity contribution in [3.63, 3.8) is 0 Å². The number of non-ortho nitro benzene ring substituents is 1. The lowest BCUT2D eigenvalue weighted by Gasteiger charge is -2.22. The van der Waals surface area contributed by atoms with E-state index in [1.165, 1.54) is 52.6 Å². The van der Waals surface area contributed by atoms with Crippen LogP contribution in [0, 0.1) is 26.1 Å². The standard InChI is InChI=1S/C17H21NS.C16H23N3O2.C16H18N2O2S.C10H14N2O2/c1-17(2,3)18-15-11-9-14(10-12-15)13-19-16-7-5-4-6-8-16;1-12(20)14(8-5-9-19-16(17)18)11-15(21)10-13-6-3-2-4-7-13;1-16(2,3)17-13-7-4-12(5-8-13)6-9-14-10-11-15(21-14)18(19)20;1-10(2,3)11-8-4-6-9(7-5-8)12(13)14/h4-12,18H,13H2,1-3H3;2-4,6-7,14H,5,8-11H2,1H3,(H4,17,18,19);4-11,17H,1-3H3;4-7,11H,1-3H3/p+1/b;;9-6+;. The first-order valence-electron chi connectivity index (χ1n) is 24.8. The van der Waals surface area contributed by atoms with Crippen LogP contribution in [-0.4, -0.2) is 50.5 Å². The van der Waals surface area contributed by atoms with Gasteiger partial charge in [-0.15, -0.1) is 11.8 Å². The molecule has 0 fully saturated rings. The second-order valence-electron chi connectivity index (χ2n) is 20.9. The average Bonchev–Trinajstić information content (AvgIpc) is 3.82. The van der Waals surface area contributed by atoms with Gasteiger partial charge < -0.3 is 16.0 Å². The van der Waals surface area contributed by atoms with Gasteiger partial charge in [-0.2, -0.15) is 0 Å². The molecule has 0 radical (unpaired) electrons. The quantitative estimate of drug-likeness (QED) is 0.0111. The molecule has 1 atom stereocenters. The lowest BCUT2D eigenvalue weighted by atomic mass is 9.91. The Kier molecular flexibility index (Phi) is 25.5. The van der Waals surface area contributed by atoms with Crippen LogP contribution in [0.25, 0.3) is 12.2 Å². The number of hydrogen-bond acceptors (Lipinski definition) is 11. The van der Waals surface area contributed by atoms with E-state index in [1.54, 1.807) is 18.2 Å². The number of thioether (sulfide) groups is 1. The summed E-state index contributed by atoms with van der Waals surface area (Å²) in [6.45, 7) is 21.1. The minimum Gasteiger partial charge on any atom is -0.380 e. The van der Waals surface area contributed by atoms with Gasteiger partial charge in [-0.1, -0.05) is 90.2 Å². The van der Waals surface area contributed by atoms with E-state index < -0.39 is 4.92 Å². The Morgan fingerprint density at radius 1 is 0.640 bits per heavy atom. The minimum atomic E-state index is -0.402. The monoisotopic (exact) mass is 1060 g/mol. The number of carbonyl (C=O) groups excluding carboxylic acids is 2. The van der Waals surface area contributed by atoms with Gasteiger partial charge in [-0.25, -0.2) is 0 Å². The van der Waals surface area contributed by atoms with Crippen molar-refractivity contribution in [1.82, 2.24) is 0 Å². The molecule has 6 aromatic rings. The molecule has 1 unspecified atom stereocenters. The van der Waals surface area contributed by atoms with Gasteiger partial charge in [0.05, 0.1) is 16.4 Å². The van der Waals surface area contributed by atoms with Crippen LogP contribution < -0.4 is 32.4 Å². The predicted molar refractivity (Wildman–Crippen MR) is 314 cm³/mol. The van der Waals surface area contributed by atoms with Crippen molar-refractivity contribution in [3.8, 4) is 0 Å². The molecule has 75 heavy (non-hydrogen) atoms. The van der Waals surface area contributed by atoms with Gasteiger partial charge >= 0.3 is 11.0 Å². The van der Waals surface area contributed by atoms with Crippen molar-refractivity contribution < 1.29 is 24.4 Å². The maximum absolute atomic E-state index is 12.1.